The number of hydrogen-bond donors (Lipinski definition) is 0. The summed E-state index contributed by atoms with van der Waals surface area (Å²) < 4.78 is 0. The Kier molecular flexibility index (Phi) is 3.58. The maximum atomic E-state index is 12.0. The number of benzene rings is 2. The van der Waals surface area contributed by atoms with E-state index < -0.39 is 0 Å². The third kappa shape index (κ3) is 2.55. The number of carbonyl (C=O) groups is 1. The van der Waals surface area contributed by atoms with Crippen molar-refractivity contribution in [2.45, 2.75) is 33.1 Å². The van der Waals surface area contributed by atoms with E-state index in [1.54, 1.807) is 0 Å². The molecular weight excluding hydrogens is 208 g/mol. The lowest BCUT2D eigenvalue weighted by Crippen LogP contribution is -1.99. The van der Waals surface area contributed by atoms with Crippen molar-refractivity contribution in [3.8, 4) is 0 Å². The standard InChI is InChI=1S/C16H18O/c1-3-4-9-16(17)14-10-12(2)15-8-6-5-7-13(15)11-14/h5-8,10-11H,3-4,9H2,1-2H3. The zero-order chi connectivity index (χ0) is 12.3. The van der Waals surface area contributed by atoms with Crippen LogP contribution in [0.25, 0.3) is 10.8 Å². The summed E-state index contributed by atoms with van der Waals surface area (Å²) in [6.45, 7) is 4.18. The Bertz CT molecular complexity index is 540. The van der Waals surface area contributed by atoms with E-state index in [4.69, 9.17) is 0 Å². The number of unbranched alkanes of at least 4 members (excludes halogenated alkanes) is 1. The summed E-state index contributed by atoms with van der Waals surface area (Å²) in [5.74, 6) is 0.265. The van der Waals surface area contributed by atoms with Gasteiger partial charge in [-0.3, -0.25) is 4.79 Å². The zero-order valence-electron chi connectivity index (χ0n) is 10.5. The van der Waals surface area contributed by atoms with Crippen molar-refractivity contribution in [3.05, 3.63) is 47.5 Å². The quantitative estimate of drug-likeness (QED) is 0.700. The lowest BCUT2D eigenvalue weighted by Gasteiger charge is -2.06. The molecule has 88 valence electrons. The van der Waals surface area contributed by atoms with Gasteiger partial charge in [0.2, 0.25) is 0 Å². The number of fused-ring (bicyclic) bond motifs is 1. The van der Waals surface area contributed by atoms with E-state index in [1.165, 1.54) is 10.9 Å². The molecule has 0 N–H and O–H groups in total. The second-order valence-electron chi connectivity index (χ2n) is 4.54. The Morgan fingerprint density at radius 3 is 2.71 bits per heavy atom. The third-order valence-electron chi connectivity index (χ3n) is 3.15. The molecule has 0 radical (unpaired) electrons. The highest BCUT2D eigenvalue weighted by Gasteiger charge is 2.07. The molecule has 0 unspecified atom stereocenters. The molecule has 2 aromatic carbocycles. The number of carbonyl (C=O) groups excluding carboxylic acids is 1. The van der Waals surface area contributed by atoms with E-state index >= 15 is 0 Å². The second-order valence-corrected chi connectivity index (χ2v) is 4.54. The number of rotatable bonds is 4. The highest BCUT2D eigenvalue weighted by molar-refractivity contribution is 6.00. The summed E-state index contributed by atoms with van der Waals surface area (Å²) >= 11 is 0. The van der Waals surface area contributed by atoms with Gasteiger partial charge in [-0.1, -0.05) is 37.6 Å². The van der Waals surface area contributed by atoms with Crippen LogP contribution in [0.3, 0.4) is 0 Å². The molecule has 0 fully saturated rings. The molecule has 0 aliphatic heterocycles. The summed E-state index contributed by atoms with van der Waals surface area (Å²) in [4.78, 5) is 12.0. The smallest absolute Gasteiger partial charge is 0.162 e. The van der Waals surface area contributed by atoms with Crippen LogP contribution in [0.1, 0.15) is 42.1 Å². The van der Waals surface area contributed by atoms with Crippen molar-refractivity contribution in [2.24, 2.45) is 0 Å². The molecule has 0 heterocycles. The van der Waals surface area contributed by atoms with Crippen LogP contribution in [-0.4, -0.2) is 5.78 Å². The molecule has 2 rings (SSSR count). The molecule has 0 bridgehead atoms. The van der Waals surface area contributed by atoms with Crippen molar-refractivity contribution < 1.29 is 4.79 Å². The van der Waals surface area contributed by atoms with Crippen LogP contribution < -0.4 is 0 Å². The Morgan fingerprint density at radius 1 is 1.18 bits per heavy atom. The molecule has 0 atom stereocenters. The monoisotopic (exact) mass is 226 g/mol. The van der Waals surface area contributed by atoms with E-state index in [1.807, 2.05) is 24.3 Å². The topological polar surface area (TPSA) is 17.1 Å². The molecule has 0 aliphatic carbocycles. The highest BCUT2D eigenvalue weighted by atomic mass is 16.1. The van der Waals surface area contributed by atoms with Gasteiger partial charge >= 0.3 is 0 Å². The fraction of sp³-hybridized carbons (Fsp3) is 0.312. The van der Waals surface area contributed by atoms with Crippen LogP contribution in [0.5, 0.6) is 0 Å². The first-order valence-electron chi connectivity index (χ1n) is 6.25. The van der Waals surface area contributed by atoms with E-state index in [-0.39, 0.29) is 5.78 Å². The van der Waals surface area contributed by atoms with Crippen molar-refractivity contribution in [3.63, 3.8) is 0 Å². The van der Waals surface area contributed by atoms with E-state index in [9.17, 15) is 4.79 Å². The van der Waals surface area contributed by atoms with Gasteiger partial charge in [0.1, 0.15) is 0 Å². The maximum Gasteiger partial charge on any atom is 0.162 e. The second kappa shape index (κ2) is 5.13. The molecule has 0 amide bonds. The summed E-state index contributed by atoms with van der Waals surface area (Å²) in [7, 11) is 0. The fourth-order valence-electron chi connectivity index (χ4n) is 2.14. The van der Waals surface area contributed by atoms with Gasteiger partial charge in [0.05, 0.1) is 0 Å². The van der Waals surface area contributed by atoms with Gasteiger partial charge in [-0.2, -0.15) is 0 Å². The van der Waals surface area contributed by atoms with Crippen molar-refractivity contribution in [2.75, 3.05) is 0 Å². The van der Waals surface area contributed by atoms with E-state index in [0.717, 1.165) is 23.8 Å². The molecule has 0 spiro atoms. The maximum absolute atomic E-state index is 12.0. The minimum Gasteiger partial charge on any atom is -0.294 e. The molecule has 0 saturated heterocycles. The minimum absolute atomic E-state index is 0.265. The van der Waals surface area contributed by atoms with Crippen LogP contribution in [0.4, 0.5) is 0 Å². The lowest BCUT2D eigenvalue weighted by atomic mass is 9.98. The zero-order valence-corrected chi connectivity index (χ0v) is 10.5. The van der Waals surface area contributed by atoms with Gasteiger partial charge in [-0.15, -0.1) is 0 Å². The number of Topliss-reactive ketones (excluding diaryl/α,β-unsaturated/α-hetero) is 1. The van der Waals surface area contributed by atoms with Crippen LogP contribution in [0.15, 0.2) is 36.4 Å². The van der Waals surface area contributed by atoms with E-state index in [2.05, 4.69) is 26.0 Å². The average molecular weight is 226 g/mol. The van der Waals surface area contributed by atoms with Crippen molar-refractivity contribution in [1.29, 1.82) is 0 Å². The van der Waals surface area contributed by atoms with Crippen LogP contribution in [0.2, 0.25) is 0 Å². The first-order chi connectivity index (χ1) is 8.22. The molecule has 0 saturated carbocycles. The van der Waals surface area contributed by atoms with Gasteiger partial charge in [-0.25, -0.2) is 0 Å². The highest BCUT2D eigenvalue weighted by Crippen LogP contribution is 2.21. The molecule has 17 heavy (non-hydrogen) atoms. The molecule has 0 aliphatic rings. The number of hydrogen-bond acceptors (Lipinski definition) is 1. The molecular formula is C16H18O. The summed E-state index contributed by atoms with van der Waals surface area (Å²) in [5, 5.41) is 2.40. The van der Waals surface area contributed by atoms with E-state index in [0.29, 0.717) is 6.42 Å². The third-order valence-corrected chi connectivity index (χ3v) is 3.15. The Labute approximate surface area is 102 Å². The molecule has 1 nitrogen and oxygen atoms in total. The molecule has 1 heteroatoms. The largest absolute Gasteiger partial charge is 0.294 e. The summed E-state index contributed by atoms with van der Waals surface area (Å²) in [5.41, 5.74) is 2.04. The van der Waals surface area contributed by atoms with Gasteiger partial charge < -0.3 is 0 Å². The number of ketones is 1. The number of aryl methyl sites for hydroxylation is 1. The Balaban J connectivity index is 2.39. The molecule has 2 aromatic rings. The first kappa shape index (κ1) is 11.8. The summed E-state index contributed by atoms with van der Waals surface area (Å²) in [6, 6.07) is 12.3. The van der Waals surface area contributed by atoms with Crippen molar-refractivity contribution in [1.82, 2.24) is 0 Å². The van der Waals surface area contributed by atoms with Gasteiger partial charge in [0.15, 0.2) is 5.78 Å². The minimum atomic E-state index is 0.265. The van der Waals surface area contributed by atoms with Crippen molar-refractivity contribution >= 4 is 16.6 Å². The predicted octanol–water partition coefficient (Wildman–Crippen LogP) is 4.52. The molecule has 0 aromatic heterocycles. The SMILES string of the molecule is CCCCC(=O)c1cc(C)c2ccccc2c1. The first-order valence-corrected chi connectivity index (χ1v) is 6.25. The van der Waals surface area contributed by atoms with Gasteiger partial charge in [0.25, 0.3) is 0 Å². The predicted molar refractivity (Wildman–Crippen MR) is 72.5 cm³/mol. The van der Waals surface area contributed by atoms with Gasteiger partial charge in [0, 0.05) is 12.0 Å². The average Bonchev–Trinajstić information content (AvgIpc) is 2.36. The Hall–Kier alpha value is -1.63. The lowest BCUT2D eigenvalue weighted by molar-refractivity contribution is 0.0980. The van der Waals surface area contributed by atoms with Crippen LogP contribution in [-0.2, 0) is 0 Å². The van der Waals surface area contributed by atoms with Crippen LogP contribution in [0, 0.1) is 6.92 Å². The van der Waals surface area contributed by atoms with Gasteiger partial charge in [-0.05, 0) is 41.8 Å². The Morgan fingerprint density at radius 2 is 1.94 bits per heavy atom. The van der Waals surface area contributed by atoms with Crippen LogP contribution >= 0.6 is 0 Å². The summed E-state index contributed by atoms with van der Waals surface area (Å²) in [6.07, 6.45) is 2.71. The normalized spacial score (nSPS) is 10.7. The fourth-order valence-corrected chi connectivity index (χ4v) is 2.14.